The molecule has 0 amide bonds. The van der Waals surface area contributed by atoms with E-state index in [2.05, 4.69) is 131 Å². The number of benzene rings is 1. The molecule has 6 nitrogen and oxygen atoms in total. The Labute approximate surface area is 311 Å². The fraction of sp³-hybridized carbons (Fsp3) is 0.780. The lowest BCUT2D eigenvalue weighted by Crippen LogP contribution is -2.61. The van der Waals surface area contributed by atoms with E-state index in [0.29, 0.717) is 73.4 Å². The van der Waals surface area contributed by atoms with Crippen molar-refractivity contribution in [1.82, 2.24) is 0 Å². The normalized spacial score (nSPS) is 19.6. The molecule has 0 aromatic heterocycles. The smallest absolute Gasteiger partial charge is 0.338 e. The van der Waals surface area contributed by atoms with Crippen molar-refractivity contribution in [3.8, 4) is 0 Å². The van der Waals surface area contributed by atoms with Crippen LogP contribution in [0.15, 0.2) is 30.3 Å². The first kappa shape index (κ1) is 44.9. The summed E-state index contributed by atoms with van der Waals surface area (Å²) >= 11 is 0. The number of carbonyl (C=O) groups is 1. The van der Waals surface area contributed by atoms with Crippen molar-refractivity contribution in [2.24, 2.45) is 0 Å². The van der Waals surface area contributed by atoms with E-state index >= 15 is 0 Å². The highest BCUT2D eigenvalue weighted by molar-refractivity contribution is 6.78. The Morgan fingerprint density at radius 1 is 0.620 bits per heavy atom. The summed E-state index contributed by atoms with van der Waals surface area (Å²) in [5.41, 5.74) is 4.74. The minimum absolute atomic E-state index is 0.371. The third-order valence-corrected chi connectivity index (χ3v) is 30.5. The minimum atomic E-state index is -2.42. The SMILES string of the molecule is COC(=O)c1ccccc1C1=C[C@@H](O[Si](C(C)C)(C(C)C)C(C)C)[C@H](O[Si](C(C)C)(C(C)C)C(C)C)[C@@H](CO[Si](C(C)C)(C(C)C)C(C)C)O1. The number of hydrogen-bond donors (Lipinski definition) is 0. The molecule has 2 rings (SSSR count). The van der Waals surface area contributed by atoms with E-state index in [-0.39, 0.29) is 18.2 Å². The zero-order valence-electron chi connectivity index (χ0n) is 35.5. The molecule has 1 heterocycles. The highest BCUT2D eigenvalue weighted by Gasteiger charge is 2.55. The maximum absolute atomic E-state index is 13.1. The molecule has 0 saturated carbocycles. The van der Waals surface area contributed by atoms with Crippen LogP contribution in [0.1, 0.15) is 141 Å². The van der Waals surface area contributed by atoms with Gasteiger partial charge in [0.1, 0.15) is 18.0 Å². The van der Waals surface area contributed by atoms with Gasteiger partial charge in [0.2, 0.25) is 25.0 Å². The van der Waals surface area contributed by atoms with E-state index in [4.69, 9.17) is 22.8 Å². The summed E-state index contributed by atoms with van der Waals surface area (Å²) in [5, 5.41) is 0. The van der Waals surface area contributed by atoms with Crippen molar-refractivity contribution in [2.45, 2.75) is 193 Å². The summed E-state index contributed by atoms with van der Waals surface area (Å²) in [5.74, 6) is 0.251. The zero-order valence-corrected chi connectivity index (χ0v) is 38.5. The Morgan fingerprint density at radius 2 is 1.02 bits per heavy atom. The maximum Gasteiger partial charge on any atom is 0.338 e. The van der Waals surface area contributed by atoms with Gasteiger partial charge in [0, 0.05) is 5.56 Å². The summed E-state index contributed by atoms with van der Waals surface area (Å²) in [6, 6.07) is 7.59. The van der Waals surface area contributed by atoms with Gasteiger partial charge in [-0.2, -0.15) is 0 Å². The molecule has 0 unspecified atom stereocenters. The van der Waals surface area contributed by atoms with Crippen molar-refractivity contribution in [2.75, 3.05) is 13.7 Å². The van der Waals surface area contributed by atoms with Gasteiger partial charge in [-0.3, -0.25) is 0 Å². The van der Waals surface area contributed by atoms with E-state index in [1.807, 2.05) is 24.3 Å². The first-order valence-corrected chi connectivity index (χ1v) is 26.1. The minimum Gasteiger partial charge on any atom is -0.485 e. The van der Waals surface area contributed by atoms with Crippen molar-refractivity contribution in [3.05, 3.63) is 41.5 Å². The van der Waals surface area contributed by atoms with Crippen LogP contribution in [-0.4, -0.2) is 63.0 Å². The van der Waals surface area contributed by atoms with Crippen LogP contribution < -0.4 is 0 Å². The lowest BCUT2D eigenvalue weighted by atomic mass is 9.99. The molecule has 1 aromatic carbocycles. The van der Waals surface area contributed by atoms with E-state index in [1.54, 1.807) is 0 Å². The van der Waals surface area contributed by atoms with Crippen molar-refractivity contribution in [1.29, 1.82) is 0 Å². The number of methoxy groups -OCH3 is 1. The van der Waals surface area contributed by atoms with Gasteiger partial charge in [-0.05, 0) is 62.0 Å². The summed E-state index contributed by atoms with van der Waals surface area (Å²) < 4.78 is 35.3. The molecule has 50 heavy (non-hydrogen) atoms. The second-order valence-electron chi connectivity index (χ2n) is 17.7. The lowest BCUT2D eigenvalue weighted by Gasteiger charge is -2.52. The van der Waals surface area contributed by atoms with Gasteiger partial charge in [-0.15, -0.1) is 0 Å². The number of esters is 1. The van der Waals surface area contributed by atoms with Crippen LogP contribution >= 0.6 is 0 Å². The van der Waals surface area contributed by atoms with Gasteiger partial charge in [0.25, 0.3) is 0 Å². The highest BCUT2D eigenvalue weighted by atomic mass is 28.4. The van der Waals surface area contributed by atoms with Crippen LogP contribution in [0.5, 0.6) is 0 Å². The van der Waals surface area contributed by atoms with Crippen molar-refractivity contribution < 1.29 is 27.5 Å². The second kappa shape index (κ2) is 18.2. The molecule has 1 aromatic rings. The largest absolute Gasteiger partial charge is 0.485 e. The van der Waals surface area contributed by atoms with Crippen LogP contribution in [0.2, 0.25) is 49.9 Å². The molecule has 0 saturated heterocycles. The average Bonchev–Trinajstić information content (AvgIpc) is 3.01. The molecular formula is C41H76O6Si3. The first-order valence-electron chi connectivity index (χ1n) is 19.6. The van der Waals surface area contributed by atoms with Gasteiger partial charge in [-0.25, -0.2) is 4.79 Å². The van der Waals surface area contributed by atoms with Crippen LogP contribution in [0, 0.1) is 0 Å². The molecule has 1 aliphatic rings. The van der Waals surface area contributed by atoms with Crippen molar-refractivity contribution >= 4 is 36.7 Å². The first-order chi connectivity index (χ1) is 23.1. The van der Waals surface area contributed by atoms with Crippen LogP contribution in [0.4, 0.5) is 0 Å². The monoisotopic (exact) mass is 748 g/mol. The Morgan fingerprint density at radius 3 is 1.42 bits per heavy atom. The summed E-state index contributed by atoms with van der Waals surface area (Å²) in [7, 11) is -5.69. The van der Waals surface area contributed by atoms with Gasteiger partial charge in [0.15, 0.2) is 0 Å². The van der Waals surface area contributed by atoms with Crippen molar-refractivity contribution in [3.63, 3.8) is 0 Å². The molecule has 0 radical (unpaired) electrons. The standard InChI is InChI=1S/C41H76O6Si3/c1-26(2)48(27(3)4,28(5)6)44-25-39-40(47-50(32(13)14,33(15)16)34(17)18)38(46-49(29(7)8,30(9)10)31(11)12)24-37(45-39)35-22-20-21-23-36(35)41(42)43-19/h20-24,26-34,38-40H,25H2,1-19H3/t38-,39-,40+/m1/s1. The molecule has 0 bridgehead atoms. The van der Waals surface area contributed by atoms with E-state index < -0.39 is 31.1 Å². The van der Waals surface area contributed by atoms with Crippen LogP contribution in [0.3, 0.4) is 0 Å². The van der Waals surface area contributed by atoms with E-state index in [1.165, 1.54) is 7.11 Å². The highest BCUT2D eigenvalue weighted by Crippen LogP contribution is 2.49. The Bertz CT molecular complexity index is 1190. The Kier molecular flexibility index (Phi) is 16.3. The molecule has 0 spiro atoms. The summed E-state index contributed by atoms with van der Waals surface area (Å²) in [6.45, 7) is 42.4. The number of ether oxygens (including phenoxy) is 2. The van der Waals surface area contributed by atoms with E-state index in [9.17, 15) is 4.79 Å². The van der Waals surface area contributed by atoms with Gasteiger partial charge in [0.05, 0.1) is 25.4 Å². The van der Waals surface area contributed by atoms with E-state index in [0.717, 1.165) is 0 Å². The van der Waals surface area contributed by atoms with Crippen LogP contribution in [0.25, 0.3) is 5.76 Å². The predicted octanol–water partition coefficient (Wildman–Crippen LogP) is 12.5. The molecule has 1 aliphatic heterocycles. The summed E-state index contributed by atoms with van der Waals surface area (Å²) in [4.78, 5) is 13.1. The Hall–Kier alpha value is -1.24. The molecule has 0 fully saturated rings. The number of rotatable bonds is 18. The fourth-order valence-electron chi connectivity index (χ4n) is 10.3. The van der Waals surface area contributed by atoms with Gasteiger partial charge in [-0.1, -0.05) is 143 Å². The lowest BCUT2D eigenvalue weighted by molar-refractivity contribution is -0.0620. The molecule has 288 valence electrons. The topological polar surface area (TPSA) is 63.2 Å². The quantitative estimate of drug-likeness (QED) is 0.110. The second-order valence-corrected chi connectivity index (χ2v) is 33.9. The molecule has 0 aliphatic carbocycles. The Balaban J connectivity index is 3.03. The molecule has 9 heteroatoms. The fourth-order valence-corrected chi connectivity index (χ4v) is 26.8. The third kappa shape index (κ3) is 8.75. The number of carbonyl (C=O) groups excluding carboxylic acids is 1. The molecular weight excluding hydrogens is 673 g/mol. The maximum atomic E-state index is 13.1. The van der Waals surface area contributed by atoms with Gasteiger partial charge < -0.3 is 22.8 Å². The average molecular weight is 749 g/mol. The molecule has 3 atom stereocenters. The number of hydrogen-bond acceptors (Lipinski definition) is 6. The molecule has 0 N–H and O–H groups in total. The third-order valence-electron chi connectivity index (χ3n) is 12.2. The predicted molar refractivity (Wildman–Crippen MR) is 219 cm³/mol. The summed E-state index contributed by atoms with van der Waals surface area (Å²) in [6.07, 6.45) is 0.948. The zero-order chi connectivity index (χ0) is 38.5. The van der Waals surface area contributed by atoms with Gasteiger partial charge >= 0.3 is 5.97 Å². The van der Waals surface area contributed by atoms with Crippen LogP contribution in [-0.2, 0) is 22.8 Å².